The van der Waals surface area contributed by atoms with Crippen LogP contribution in [0.5, 0.6) is 5.75 Å². The van der Waals surface area contributed by atoms with Crippen molar-refractivity contribution in [1.29, 1.82) is 0 Å². The van der Waals surface area contributed by atoms with Crippen molar-refractivity contribution in [2.75, 3.05) is 13.7 Å². The maximum atomic E-state index is 15.4. The molecule has 196 valence electrons. The van der Waals surface area contributed by atoms with Gasteiger partial charge in [0.1, 0.15) is 29.3 Å². The maximum absolute atomic E-state index is 15.4. The number of aromatic nitrogens is 2. The summed E-state index contributed by atoms with van der Waals surface area (Å²) in [6.45, 7) is 0.293. The minimum absolute atomic E-state index is 0.0613. The minimum atomic E-state index is -4.41. The van der Waals surface area contributed by atoms with Gasteiger partial charge >= 0.3 is 19.4 Å². The quantitative estimate of drug-likeness (QED) is 0.317. The second-order valence-electron chi connectivity index (χ2n) is 8.66. The normalized spacial score (nSPS) is 28.3. The molecule has 1 unspecified atom stereocenters. The number of rotatable bonds is 9. The molecular formula is C21H24F2N3O9P. The molecular weight excluding hydrogens is 507 g/mol. The number of nitrogens with zero attached hydrogens (tertiary/aromatic N) is 1. The number of carbonyl (C=O) groups excluding carboxylic acids is 1. The third-order valence-electron chi connectivity index (χ3n) is 5.95. The number of H-pyrrole nitrogens is 1. The minimum Gasteiger partial charge on any atom is -0.468 e. The smallest absolute Gasteiger partial charge is 0.459 e. The molecule has 1 saturated heterocycles. The van der Waals surface area contributed by atoms with E-state index in [0.717, 1.165) is 43.0 Å². The molecule has 1 aromatic heterocycles. The molecule has 36 heavy (non-hydrogen) atoms. The molecule has 0 spiro atoms. The summed E-state index contributed by atoms with van der Waals surface area (Å²) in [5.74, 6) is -1.35. The van der Waals surface area contributed by atoms with Gasteiger partial charge in [0.15, 0.2) is 11.9 Å². The summed E-state index contributed by atoms with van der Waals surface area (Å²) in [5.41, 5.74) is -5.54. The fraction of sp³-hybridized carbons (Fsp3) is 0.476. The average molecular weight is 531 g/mol. The van der Waals surface area contributed by atoms with Crippen LogP contribution in [0.25, 0.3) is 0 Å². The van der Waals surface area contributed by atoms with Crippen LogP contribution in [0.15, 0.2) is 46.1 Å². The Hall–Kier alpha value is -2.90. The van der Waals surface area contributed by atoms with E-state index in [9.17, 15) is 28.4 Å². The van der Waals surface area contributed by atoms with E-state index in [2.05, 4.69) is 5.09 Å². The van der Waals surface area contributed by atoms with Gasteiger partial charge in [-0.3, -0.25) is 23.7 Å². The maximum Gasteiger partial charge on any atom is 0.459 e. The highest BCUT2D eigenvalue weighted by Crippen LogP contribution is 2.53. The first-order chi connectivity index (χ1) is 16.9. The highest BCUT2D eigenvalue weighted by Gasteiger charge is 2.58. The van der Waals surface area contributed by atoms with E-state index in [1.54, 1.807) is 0 Å². The van der Waals surface area contributed by atoms with Crippen molar-refractivity contribution in [1.82, 2.24) is 14.6 Å². The standard InChI is InChI=1S/C21H24F2N3O9P/c1-20(23)16(28)14(34-17(20)26-10-7-15(27)24-19(26)30)11-33-36(31,25-21(8-9-21)18(29)32-2)35-13-5-3-12(22)4-6-13/h3-7,10,14,16-17,28H,8-9,11H2,1-2H3,(H,25,31)(H,24,27,30)/t14-,16-,17-,20-,36?/m1/s1. The van der Waals surface area contributed by atoms with E-state index in [1.165, 1.54) is 12.1 Å². The summed E-state index contributed by atoms with van der Waals surface area (Å²) in [5, 5.41) is 13.1. The number of aliphatic hydroxyl groups excluding tert-OH is 1. The first kappa shape index (κ1) is 26.2. The van der Waals surface area contributed by atoms with Crippen molar-refractivity contribution in [3.63, 3.8) is 0 Å². The third kappa shape index (κ3) is 5.13. The predicted octanol–water partition coefficient (Wildman–Crippen LogP) is 1.16. The van der Waals surface area contributed by atoms with E-state index in [0.29, 0.717) is 0 Å². The summed E-state index contributed by atoms with van der Waals surface area (Å²) in [6.07, 6.45) is -3.40. The van der Waals surface area contributed by atoms with Gasteiger partial charge in [-0.2, -0.15) is 5.09 Å². The summed E-state index contributed by atoms with van der Waals surface area (Å²) in [7, 11) is -3.26. The van der Waals surface area contributed by atoms with Crippen LogP contribution in [0.1, 0.15) is 26.0 Å². The van der Waals surface area contributed by atoms with E-state index >= 15 is 4.39 Å². The number of benzene rings is 1. The lowest BCUT2D eigenvalue weighted by molar-refractivity contribution is -0.144. The highest BCUT2D eigenvalue weighted by molar-refractivity contribution is 7.52. The van der Waals surface area contributed by atoms with Gasteiger partial charge in [0.05, 0.1) is 13.7 Å². The number of hydrogen-bond acceptors (Lipinski definition) is 9. The van der Waals surface area contributed by atoms with Gasteiger partial charge in [0.2, 0.25) is 0 Å². The van der Waals surface area contributed by atoms with Gasteiger partial charge in [-0.1, -0.05) is 0 Å². The Morgan fingerprint density at radius 3 is 2.56 bits per heavy atom. The first-order valence-electron chi connectivity index (χ1n) is 10.8. The van der Waals surface area contributed by atoms with Crippen molar-refractivity contribution in [3.05, 3.63) is 63.2 Å². The van der Waals surface area contributed by atoms with Gasteiger partial charge in [0, 0.05) is 12.3 Å². The number of nitrogens with one attached hydrogen (secondary N) is 2. The molecule has 0 bridgehead atoms. The van der Waals surface area contributed by atoms with Crippen LogP contribution >= 0.6 is 7.75 Å². The topological polar surface area (TPSA) is 158 Å². The Morgan fingerprint density at radius 1 is 1.31 bits per heavy atom. The number of methoxy groups -OCH3 is 1. The monoisotopic (exact) mass is 531 g/mol. The molecule has 1 saturated carbocycles. The molecule has 2 aromatic rings. The van der Waals surface area contributed by atoms with Crippen molar-refractivity contribution < 1.29 is 41.8 Å². The predicted molar refractivity (Wildman–Crippen MR) is 118 cm³/mol. The molecule has 1 aliphatic heterocycles. The lowest BCUT2D eigenvalue weighted by Gasteiger charge is -2.26. The number of ether oxygens (including phenoxy) is 2. The van der Waals surface area contributed by atoms with Gasteiger partial charge in [-0.15, -0.1) is 0 Å². The van der Waals surface area contributed by atoms with Crippen LogP contribution in [0.3, 0.4) is 0 Å². The Morgan fingerprint density at radius 2 is 1.97 bits per heavy atom. The molecule has 2 heterocycles. The Balaban J connectivity index is 1.55. The van der Waals surface area contributed by atoms with Crippen molar-refractivity contribution in [2.45, 2.75) is 49.4 Å². The summed E-state index contributed by atoms with van der Waals surface area (Å²) in [4.78, 5) is 37.6. The average Bonchev–Trinajstić information content (AvgIpc) is 3.56. The number of halogens is 2. The molecule has 2 fully saturated rings. The Bertz CT molecular complexity index is 1290. The van der Waals surface area contributed by atoms with E-state index < -0.39 is 67.0 Å². The Kier molecular flexibility index (Phi) is 6.92. The zero-order valence-electron chi connectivity index (χ0n) is 19.2. The molecule has 3 N–H and O–H groups in total. The number of carbonyl (C=O) groups is 1. The molecule has 2 aliphatic rings. The SMILES string of the molecule is COC(=O)C1(NP(=O)(OC[C@H]2O[C@@H](n3ccc(=O)[nH]c3=O)[C@](C)(F)[C@@H]2O)Oc2ccc(F)cc2)CC1. The number of aromatic amines is 1. The van der Waals surface area contributed by atoms with Crippen LogP contribution < -0.4 is 20.9 Å². The van der Waals surface area contributed by atoms with E-state index in [4.69, 9.17) is 18.5 Å². The number of hydrogen-bond donors (Lipinski definition) is 3. The summed E-state index contributed by atoms with van der Waals surface area (Å²) in [6, 6.07) is 5.45. The molecule has 15 heteroatoms. The largest absolute Gasteiger partial charge is 0.468 e. The van der Waals surface area contributed by atoms with Crippen LogP contribution in [0.2, 0.25) is 0 Å². The lowest BCUT2D eigenvalue weighted by Crippen LogP contribution is -2.44. The number of aliphatic hydroxyl groups is 1. The molecule has 1 aromatic carbocycles. The van der Waals surface area contributed by atoms with Gasteiger partial charge in [0.25, 0.3) is 5.56 Å². The second kappa shape index (κ2) is 9.52. The van der Waals surface area contributed by atoms with Crippen molar-refractivity contribution in [2.24, 2.45) is 0 Å². The van der Waals surface area contributed by atoms with Crippen LogP contribution in [-0.4, -0.2) is 57.8 Å². The van der Waals surface area contributed by atoms with Gasteiger partial charge in [-0.25, -0.2) is 18.1 Å². The van der Waals surface area contributed by atoms with Gasteiger partial charge in [-0.05, 0) is 44.0 Å². The second-order valence-corrected chi connectivity index (χ2v) is 10.3. The number of esters is 1. The Labute approximate surface area is 202 Å². The fourth-order valence-corrected chi connectivity index (χ4v) is 5.54. The van der Waals surface area contributed by atoms with Crippen LogP contribution in [0, 0.1) is 5.82 Å². The molecule has 0 amide bonds. The van der Waals surface area contributed by atoms with E-state index in [-0.39, 0.29) is 18.6 Å². The molecule has 5 atom stereocenters. The first-order valence-corrected chi connectivity index (χ1v) is 12.3. The van der Waals surface area contributed by atoms with Gasteiger partial charge < -0.3 is 19.1 Å². The van der Waals surface area contributed by atoms with Crippen LogP contribution in [-0.2, 0) is 23.4 Å². The zero-order chi connectivity index (χ0) is 26.3. The molecule has 0 radical (unpaired) electrons. The van der Waals surface area contributed by atoms with Crippen molar-refractivity contribution >= 4 is 13.7 Å². The highest BCUT2D eigenvalue weighted by atomic mass is 31.2. The zero-order valence-corrected chi connectivity index (χ0v) is 20.1. The lowest BCUT2D eigenvalue weighted by atomic mass is 9.98. The summed E-state index contributed by atoms with van der Waals surface area (Å²) >= 11 is 0. The number of alkyl halides is 1. The molecule has 12 nitrogen and oxygen atoms in total. The molecule has 1 aliphatic carbocycles. The third-order valence-corrected chi connectivity index (χ3v) is 7.59. The van der Waals surface area contributed by atoms with Crippen molar-refractivity contribution in [3.8, 4) is 5.75 Å². The molecule has 4 rings (SSSR count). The van der Waals surface area contributed by atoms with Crippen LogP contribution in [0.4, 0.5) is 8.78 Å². The van der Waals surface area contributed by atoms with E-state index in [1.807, 2.05) is 4.98 Å². The summed E-state index contributed by atoms with van der Waals surface area (Å²) < 4.78 is 64.2. The fourth-order valence-electron chi connectivity index (χ4n) is 3.79.